The van der Waals surface area contributed by atoms with Crippen LogP contribution in [0.4, 0.5) is 0 Å². The number of hydrogen-bond donors (Lipinski definition) is 2. The topological polar surface area (TPSA) is 74.6 Å². The zero-order valence-corrected chi connectivity index (χ0v) is 10.7. The molecule has 2 aromatic carbocycles. The molecule has 2 N–H and O–H groups in total. The summed E-state index contributed by atoms with van der Waals surface area (Å²) in [6.45, 7) is 0. The minimum atomic E-state index is -1.08. The van der Waals surface area contributed by atoms with Crippen LogP contribution in [0.2, 0.25) is 0 Å². The molecule has 1 radical (unpaired) electrons. The smallest absolute Gasteiger partial charge is 0.336 e. The molecule has 0 heterocycles. The molecule has 0 fully saturated rings. The summed E-state index contributed by atoms with van der Waals surface area (Å²) in [5, 5.41) is 18.2. The fourth-order valence-corrected chi connectivity index (χ4v) is 1.81. The molecule has 4 nitrogen and oxygen atoms in total. The maximum Gasteiger partial charge on any atom is 0.336 e. The molecular weight excluding hydrogens is 291 g/mol. The van der Waals surface area contributed by atoms with Crippen molar-refractivity contribution >= 4 is 11.9 Å². The number of carboxylic acids is 2. The van der Waals surface area contributed by atoms with Crippen LogP contribution in [-0.2, 0) is 16.8 Å². The molecule has 0 saturated carbocycles. The van der Waals surface area contributed by atoms with E-state index in [1.807, 2.05) is 0 Å². The summed E-state index contributed by atoms with van der Waals surface area (Å²) in [7, 11) is 0. The number of carbonyl (C=O) groups is 2. The second kappa shape index (κ2) is 6.17. The van der Waals surface area contributed by atoms with E-state index in [1.54, 1.807) is 36.4 Å². The Hall–Kier alpha value is -2.11. The molecule has 0 unspecified atom stereocenters. The maximum absolute atomic E-state index is 11.1. The second-order valence-corrected chi connectivity index (χ2v) is 3.70. The normalized spacial score (nSPS) is 9.47. The van der Waals surface area contributed by atoms with Crippen LogP contribution >= 0.6 is 0 Å². The van der Waals surface area contributed by atoms with Crippen LogP contribution in [0.15, 0.2) is 48.5 Å². The average Bonchev–Trinajstić information content (AvgIpc) is 2.38. The van der Waals surface area contributed by atoms with E-state index in [9.17, 15) is 9.59 Å². The Morgan fingerprint density at radius 1 is 0.684 bits per heavy atom. The van der Waals surface area contributed by atoms with E-state index < -0.39 is 11.9 Å². The minimum Gasteiger partial charge on any atom is -0.478 e. The Morgan fingerprint density at radius 2 is 1.00 bits per heavy atom. The van der Waals surface area contributed by atoms with Crippen LogP contribution in [0.5, 0.6) is 0 Å². The van der Waals surface area contributed by atoms with Crippen LogP contribution in [0, 0.1) is 0 Å². The van der Waals surface area contributed by atoms with Crippen molar-refractivity contribution in [3.05, 3.63) is 59.7 Å². The first-order chi connectivity index (χ1) is 8.61. The van der Waals surface area contributed by atoms with Gasteiger partial charge in [-0.25, -0.2) is 9.59 Å². The number of hydrogen-bond acceptors (Lipinski definition) is 2. The van der Waals surface area contributed by atoms with Gasteiger partial charge in [-0.1, -0.05) is 36.4 Å². The third-order valence-corrected chi connectivity index (χ3v) is 2.61. The van der Waals surface area contributed by atoms with Crippen LogP contribution in [0.1, 0.15) is 20.7 Å². The van der Waals surface area contributed by atoms with E-state index in [0.29, 0.717) is 11.1 Å². The van der Waals surface area contributed by atoms with Crippen molar-refractivity contribution in [2.45, 2.75) is 0 Å². The predicted molar refractivity (Wildman–Crippen MR) is 65.8 cm³/mol. The number of rotatable bonds is 3. The third-order valence-electron chi connectivity index (χ3n) is 2.61. The Labute approximate surface area is 119 Å². The minimum absolute atomic E-state index is 0. The summed E-state index contributed by atoms with van der Waals surface area (Å²) in [6, 6.07) is 12.7. The number of benzene rings is 2. The summed E-state index contributed by atoms with van der Waals surface area (Å²) in [5.41, 5.74) is 0.989. The summed E-state index contributed by atoms with van der Waals surface area (Å²) in [5.74, 6) is -2.16. The van der Waals surface area contributed by atoms with Crippen LogP contribution in [0.25, 0.3) is 11.1 Å². The molecule has 0 atom stereocenters. The summed E-state index contributed by atoms with van der Waals surface area (Å²) >= 11 is 0. The van der Waals surface area contributed by atoms with Crippen molar-refractivity contribution in [3.63, 3.8) is 0 Å². The van der Waals surface area contributed by atoms with Crippen molar-refractivity contribution in [2.75, 3.05) is 0 Å². The summed E-state index contributed by atoms with van der Waals surface area (Å²) < 4.78 is 0. The van der Waals surface area contributed by atoms with Crippen molar-refractivity contribution in [1.82, 2.24) is 0 Å². The predicted octanol–water partition coefficient (Wildman–Crippen LogP) is 2.75. The number of aromatic carboxylic acids is 2. The van der Waals surface area contributed by atoms with Gasteiger partial charge in [-0.05, 0) is 23.3 Å². The van der Waals surface area contributed by atoms with Crippen molar-refractivity contribution < 1.29 is 36.6 Å². The fraction of sp³-hybridized carbons (Fsp3) is 0. The van der Waals surface area contributed by atoms with Crippen molar-refractivity contribution in [2.24, 2.45) is 0 Å². The van der Waals surface area contributed by atoms with Gasteiger partial charge in [0.2, 0.25) is 0 Å². The Morgan fingerprint density at radius 3 is 1.32 bits per heavy atom. The molecule has 0 spiro atoms. The molecular formula is C14H10CoO4. The quantitative estimate of drug-likeness (QED) is 0.914. The average molecular weight is 301 g/mol. The molecule has 0 aromatic heterocycles. The van der Waals surface area contributed by atoms with Crippen molar-refractivity contribution in [1.29, 1.82) is 0 Å². The van der Waals surface area contributed by atoms with Gasteiger partial charge >= 0.3 is 11.9 Å². The second-order valence-electron chi connectivity index (χ2n) is 3.70. The van der Waals surface area contributed by atoms with E-state index in [4.69, 9.17) is 10.2 Å². The van der Waals surface area contributed by atoms with Gasteiger partial charge in [0.05, 0.1) is 11.1 Å². The van der Waals surface area contributed by atoms with Gasteiger partial charge in [-0.3, -0.25) is 0 Å². The van der Waals surface area contributed by atoms with E-state index in [0.717, 1.165) is 0 Å². The Kier molecular flexibility index (Phi) is 4.85. The molecule has 0 aliphatic carbocycles. The molecule has 0 saturated heterocycles. The SMILES string of the molecule is O=C(O)c1ccccc1-c1ccccc1C(=O)O.[Co]. The molecule has 99 valence electrons. The van der Waals surface area contributed by atoms with Crippen LogP contribution < -0.4 is 0 Å². The van der Waals surface area contributed by atoms with Gasteiger partial charge < -0.3 is 10.2 Å². The van der Waals surface area contributed by atoms with E-state index in [1.165, 1.54) is 12.1 Å². The molecule has 2 aromatic rings. The molecule has 2 rings (SSSR count). The van der Waals surface area contributed by atoms with Gasteiger partial charge in [-0.15, -0.1) is 0 Å². The standard InChI is InChI=1S/C14H10O4.Co/c15-13(16)11-7-3-1-5-9(11)10-6-2-4-8-12(10)14(17)18;/h1-8H,(H,15,16)(H,17,18);. The zero-order chi connectivity index (χ0) is 13.1. The van der Waals surface area contributed by atoms with E-state index in [-0.39, 0.29) is 27.9 Å². The first-order valence-electron chi connectivity index (χ1n) is 5.26. The molecule has 0 aliphatic rings. The Bertz CT molecular complexity index is 567. The summed E-state index contributed by atoms with van der Waals surface area (Å²) in [6.07, 6.45) is 0. The number of carboxylic acid groups (broad SMARTS) is 2. The van der Waals surface area contributed by atoms with Gasteiger partial charge in [-0.2, -0.15) is 0 Å². The van der Waals surface area contributed by atoms with E-state index in [2.05, 4.69) is 0 Å². The summed E-state index contributed by atoms with van der Waals surface area (Å²) in [4.78, 5) is 22.3. The van der Waals surface area contributed by atoms with Gasteiger partial charge in [0.25, 0.3) is 0 Å². The van der Waals surface area contributed by atoms with Crippen LogP contribution in [-0.4, -0.2) is 22.2 Å². The molecule has 0 amide bonds. The first kappa shape index (κ1) is 14.9. The third kappa shape index (κ3) is 3.01. The molecule has 19 heavy (non-hydrogen) atoms. The van der Waals surface area contributed by atoms with Gasteiger partial charge in [0, 0.05) is 16.8 Å². The van der Waals surface area contributed by atoms with Crippen molar-refractivity contribution in [3.8, 4) is 11.1 Å². The Balaban J connectivity index is 0.00000180. The van der Waals surface area contributed by atoms with Gasteiger partial charge in [0.1, 0.15) is 0 Å². The monoisotopic (exact) mass is 301 g/mol. The van der Waals surface area contributed by atoms with E-state index >= 15 is 0 Å². The first-order valence-corrected chi connectivity index (χ1v) is 5.26. The molecule has 5 heteroatoms. The van der Waals surface area contributed by atoms with Gasteiger partial charge in [0.15, 0.2) is 0 Å². The fourth-order valence-electron chi connectivity index (χ4n) is 1.81. The largest absolute Gasteiger partial charge is 0.478 e. The molecule has 0 bridgehead atoms. The molecule has 0 aliphatic heterocycles. The van der Waals surface area contributed by atoms with Crippen LogP contribution in [0.3, 0.4) is 0 Å². The zero-order valence-electron chi connectivity index (χ0n) is 9.66. The maximum atomic E-state index is 11.1.